The van der Waals surface area contributed by atoms with Crippen LogP contribution in [0.15, 0.2) is 193 Å². The molecule has 2 atom stereocenters. The number of H-pyrrole nitrogens is 2. The Morgan fingerprint density at radius 1 is 0.287 bits per heavy atom. The van der Waals surface area contributed by atoms with Gasteiger partial charge in [-0.2, -0.15) is 18.3 Å². The number of rotatable bonds is 4. The highest BCUT2D eigenvalue weighted by molar-refractivity contribution is 6.26. The molecule has 12 nitrogen and oxygen atoms in total. The minimum atomic E-state index is -0.684. The van der Waals surface area contributed by atoms with E-state index in [1.165, 1.54) is 134 Å². The lowest BCUT2D eigenvalue weighted by Crippen LogP contribution is -2.71. The summed E-state index contributed by atoms with van der Waals surface area (Å²) in [7, 11) is 0. The molecule has 12 heteroatoms. The number of allylic oxidation sites excluding steroid dienone is 10. The zero-order valence-corrected chi connectivity index (χ0v) is 52.9. The summed E-state index contributed by atoms with van der Waals surface area (Å²) in [6.07, 6.45) is 27.4. The molecular weight excluding hydrogens is 1150 g/mol. The fourth-order valence-electron chi connectivity index (χ4n) is 18.9. The highest BCUT2D eigenvalue weighted by atomic mass is 15.6. The molecule has 2 N–H and O–H groups in total. The predicted octanol–water partition coefficient (Wildman–Crippen LogP) is 11.9. The standard InChI is InChI=1S/C82H56N12/c1-41-53-17-21-57(83-53)77(49-9-13-51(14-10-49)79-73-37-33-69-45(5)65-29-25-61-43(3)62-26-30-66-46(6)70-34-38-74(79)92(70)81(87(61)65,88(62)66)91(69)73)59-23-19-55(85-59)42(2)56-20-24-60(86-56)78(58-22-18-54(41)84-58)50-11-15-52(16-12-50)80-75-39-35-71-47(7)67-31-27-63-44(4)64-28-32-68-48(8)72-36-40-76(80)94(72)82(89(63)67,90(64)68)93(71)75/h9-40H,1-8H3/q+2/p+2. The molecule has 8 bridgehead atoms. The third-order valence-corrected chi connectivity index (χ3v) is 23.3. The molecule has 0 saturated carbocycles. The van der Waals surface area contributed by atoms with E-state index in [1.807, 2.05) is 0 Å². The van der Waals surface area contributed by atoms with Crippen LogP contribution < -0.4 is 21.4 Å². The Morgan fingerprint density at radius 2 is 0.606 bits per heavy atom. The molecular formula is C82H58N12+4. The molecule has 2 spiro atoms. The molecule has 0 aliphatic carbocycles. The van der Waals surface area contributed by atoms with Gasteiger partial charge in [0.05, 0.1) is 78.1 Å². The van der Waals surface area contributed by atoms with Gasteiger partial charge in [0.2, 0.25) is 45.6 Å². The summed E-state index contributed by atoms with van der Waals surface area (Å²) >= 11 is 0. The first-order valence-electron chi connectivity index (χ1n) is 32.8. The van der Waals surface area contributed by atoms with E-state index in [-0.39, 0.29) is 0 Å². The van der Waals surface area contributed by atoms with Gasteiger partial charge < -0.3 is 9.97 Å². The van der Waals surface area contributed by atoms with Crippen molar-refractivity contribution in [3.05, 3.63) is 282 Å². The molecule has 14 aliphatic rings. The van der Waals surface area contributed by atoms with E-state index in [4.69, 9.17) is 9.97 Å². The number of nitrogens with one attached hydrogen (secondary N) is 2. The molecule has 23 rings (SSSR count). The second-order valence-corrected chi connectivity index (χ2v) is 27.4. The van der Waals surface area contributed by atoms with Crippen molar-refractivity contribution in [2.75, 3.05) is 0 Å². The van der Waals surface area contributed by atoms with E-state index >= 15 is 0 Å². The lowest BCUT2D eigenvalue weighted by atomic mass is 9.94. The number of aromatic amines is 2. The molecule has 442 valence electrons. The van der Waals surface area contributed by atoms with Crippen molar-refractivity contribution in [3.63, 3.8) is 0 Å². The van der Waals surface area contributed by atoms with E-state index in [2.05, 4.69) is 296 Å². The van der Waals surface area contributed by atoms with Gasteiger partial charge in [0.25, 0.3) is 0 Å². The second-order valence-electron chi connectivity index (χ2n) is 27.4. The number of aryl methyl sites for hydroxylation is 2. The average molecular weight is 1210 g/mol. The Balaban J connectivity index is 0.661. The SMILES string of the molecule is CC1=C2C=CC3=[N+]2C24n5c1ccc5C(c1ccc(-c5c6nc(c(C)c7ccc([nH]7)c(-c7ccc(C8=C9C=CC%10=[N+]9C9%11n%12c(ccc%128)C(C)=C8C=CC(=[N+]89)C(C)=c8ccc(n8%11)=C%10C)cc7)c7nc(c(C)c8ccc5[nH]8)C=C7)C=C6)cc1)=C1C=CC(=[N+]12)C(C)=c1ccc(n14)=C3C. The molecule has 0 saturated heterocycles. The molecule has 0 fully saturated rings. The van der Waals surface area contributed by atoms with Gasteiger partial charge in [0.15, 0.2) is 0 Å². The summed E-state index contributed by atoms with van der Waals surface area (Å²) in [4.78, 5) is 18.8. The Morgan fingerprint density at radius 3 is 0.989 bits per heavy atom. The summed E-state index contributed by atoms with van der Waals surface area (Å²) in [5.41, 5.74) is 41.2. The lowest BCUT2D eigenvalue weighted by Gasteiger charge is -2.40. The highest BCUT2D eigenvalue weighted by Crippen LogP contribution is 2.54. The molecule has 14 aliphatic heterocycles. The van der Waals surface area contributed by atoms with E-state index in [0.717, 1.165) is 89.4 Å². The first kappa shape index (κ1) is 50.0. The van der Waals surface area contributed by atoms with Gasteiger partial charge in [0, 0.05) is 115 Å². The lowest BCUT2D eigenvalue weighted by molar-refractivity contribution is -0.835. The molecule has 9 aromatic rings. The normalized spacial score (nSPS) is 21.4. The van der Waals surface area contributed by atoms with Crippen molar-refractivity contribution >= 4 is 114 Å². The van der Waals surface area contributed by atoms with Crippen molar-refractivity contribution in [1.29, 1.82) is 0 Å². The van der Waals surface area contributed by atoms with Crippen LogP contribution in [0.2, 0.25) is 0 Å². The minimum Gasteiger partial charge on any atom is -0.355 e. The van der Waals surface area contributed by atoms with Crippen molar-refractivity contribution in [3.8, 4) is 22.3 Å². The average Bonchev–Trinajstić information content (AvgIpc) is 1.41. The van der Waals surface area contributed by atoms with E-state index in [0.29, 0.717) is 0 Å². The Kier molecular flexibility index (Phi) is 8.56. The zero-order chi connectivity index (χ0) is 62.2. The Hall–Kier alpha value is -11.8. The van der Waals surface area contributed by atoms with Crippen LogP contribution >= 0.6 is 0 Å². The van der Waals surface area contributed by atoms with Crippen molar-refractivity contribution < 1.29 is 18.3 Å². The maximum Gasteiger partial charge on any atom is 0.553 e. The quantitative estimate of drug-likeness (QED) is 0.172. The fraction of sp³-hybridized carbons (Fsp3) is 0.122. The van der Waals surface area contributed by atoms with Crippen LogP contribution in [-0.4, -0.2) is 79.4 Å². The number of fused-ring (bicyclic) bond motifs is 8. The first-order chi connectivity index (χ1) is 45.9. The molecule has 2 aromatic carbocycles. The molecule has 2 unspecified atom stereocenters. The number of hydrogen-bond donors (Lipinski definition) is 2. The monoisotopic (exact) mass is 1210 g/mol. The summed E-state index contributed by atoms with van der Waals surface area (Å²) in [6, 6.07) is 46.0. The van der Waals surface area contributed by atoms with E-state index in [9.17, 15) is 0 Å². The van der Waals surface area contributed by atoms with Crippen LogP contribution in [0.3, 0.4) is 0 Å². The topological polar surface area (TPSA) is 89.1 Å². The van der Waals surface area contributed by atoms with Crippen LogP contribution in [0, 0.1) is 13.8 Å². The minimum absolute atomic E-state index is 0.684. The van der Waals surface area contributed by atoms with Crippen LogP contribution in [0.4, 0.5) is 0 Å². The predicted molar refractivity (Wildman–Crippen MR) is 373 cm³/mol. The maximum atomic E-state index is 5.51. The largest absolute Gasteiger partial charge is 0.553 e. The van der Waals surface area contributed by atoms with Crippen LogP contribution in [-0.2, 0) is 11.8 Å². The summed E-state index contributed by atoms with van der Waals surface area (Å²) < 4.78 is 20.9. The smallest absolute Gasteiger partial charge is 0.355 e. The van der Waals surface area contributed by atoms with E-state index in [1.54, 1.807) is 0 Å². The van der Waals surface area contributed by atoms with Crippen LogP contribution in [0.25, 0.3) is 113 Å². The van der Waals surface area contributed by atoms with Gasteiger partial charge in [-0.25, -0.2) is 9.97 Å². The summed E-state index contributed by atoms with van der Waals surface area (Å²) in [6.45, 7) is 18.1. The number of nitrogens with zero attached hydrogens (tertiary/aromatic N) is 10. The van der Waals surface area contributed by atoms with Gasteiger partial charge >= 0.3 is 11.8 Å². The second kappa shape index (κ2) is 16.1. The summed E-state index contributed by atoms with van der Waals surface area (Å²) in [5, 5.41) is 5.03. The molecule has 7 aromatic heterocycles. The fourth-order valence-corrected chi connectivity index (χ4v) is 18.9. The maximum absolute atomic E-state index is 5.51. The number of aromatic nitrogens is 8. The summed E-state index contributed by atoms with van der Waals surface area (Å²) in [5.74, 6) is -1.37. The number of benzene rings is 2. The van der Waals surface area contributed by atoms with Gasteiger partial charge in [-0.05, 0) is 186 Å². The van der Waals surface area contributed by atoms with E-state index < -0.39 is 11.8 Å². The van der Waals surface area contributed by atoms with Crippen molar-refractivity contribution in [1.82, 2.24) is 38.2 Å². The van der Waals surface area contributed by atoms with Crippen LogP contribution in [0.5, 0.6) is 0 Å². The molecule has 0 amide bonds. The molecule has 0 radical (unpaired) electrons. The van der Waals surface area contributed by atoms with Gasteiger partial charge in [0.1, 0.15) is 0 Å². The third kappa shape index (κ3) is 5.30. The Bertz CT molecular complexity index is 6100. The van der Waals surface area contributed by atoms with Gasteiger partial charge in [-0.1, -0.05) is 66.8 Å². The van der Waals surface area contributed by atoms with Crippen molar-refractivity contribution in [2.24, 2.45) is 0 Å². The Labute approximate surface area is 538 Å². The first-order valence-corrected chi connectivity index (χ1v) is 32.8. The number of hydrogen-bond acceptors (Lipinski definition) is 2. The van der Waals surface area contributed by atoms with Crippen molar-refractivity contribution in [2.45, 2.75) is 67.2 Å². The van der Waals surface area contributed by atoms with Crippen LogP contribution in [0.1, 0.15) is 109 Å². The third-order valence-electron chi connectivity index (χ3n) is 23.3. The zero-order valence-electron chi connectivity index (χ0n) is 52.9. The highest BCUT2D eigenvalue weighted by Gasteiger charge is 2.74. The van der Waals surface area contributed by atoms with Gasteiger partial charge in [-0.15, -0.1) is 0 Å². The molecule has 21 heterocycles. The molecule has 94 heavy (non-hydrogen) atoms. The van der Waals surface area contributed by atoms with Gasteiger partial charge in [-0.3, -0.25) is 0 Å².